The predicted octanol–water partition coefficient (Wildman–Crippen LogP) is 2.82. The summed E-state index contributed by atoms with van der Waals surface area (Å²) in [5.74, 6) is -0.103. The van der Waals surface area contributed by atoms with Crippen LogP contribution in [-0.4, -0.2) is 24.5 Å². The molecule has 0 aromatic heterocycles. The number of benzene rings is 1. The van der Waals surface area contributed by atoms with Gasteiger partial charge in [0.25, 0.3) is 0 Å². The van der Waals surface area contributed by atoms with Crippen LogP contribution in [0.2, 0.25) is 0 Å². The topological polar surface area (TPSA) is 56.1 Å². The van der Waals surface area contributed by atoms with Gasteiger partial charge in [-0.3, -0.25) is 4.79 Å². The molecule has 7 heteroatoms. The van der Waals surface area contributed by atoms with Crippen molar-refractivity contribution in [3.8, 4) is 6.07 Å². The quantitative estimate of drug-likeness (QED) is 0.930. The third-order valence-corrected chi connectivity index (χ3v) is 4.23. The van der Waals surface area contributed by atoms with Gasteiger partial charge in [0.1, 0.15) is 12.1 Å². The lowest BCUT2D eigenvalue weighted by atomic mass is 10.1. The molecule has 23 heavy (non-hydrogen) atoms. The first-order chi connectivity index (χ1) is 10.9. The van der Waals surface area contributed by atoms with Crippen molar-refractivity contribution < 1.29 is 18.0 Å². The molecule has 2 aliphatic rings. The fourth-order valence-electron chi connectivity index (χ4n) is 2.91. The fourth-order valence-corrected chi connectivity index (χ4v) is 2.91. The Kier molecular flexibility index (Phi) is 3.92. The van der Waals surface area contributed by atoms with E-state index in [1.807, 2.05) is 6.07 Å². The summed E-state index contributed by atoms with van der Waals surface area (Å²) in [5.41, 5.74) is -0.504. The van der Waals surface area contributed by atoms with Crippen molar-refractivity contribution in [1.82, 2.24) is 5.32 Å². The average molecular weight is 323 g/mol. The zero-order valence-electron chi connectivity index (χ0n) is 12.4. The minimum atomic E-state index is -4.49. The van der Waals surface area contributed by atoms with E-state index < -0.39 is 17.8 Å². The molecule has 1 heterocycles. The van der Waals surface area contributed by atoms with E-state index >= 15 is 0 Å². The van der Waals surface area contributed by atoms with Gasteiger partial charge in [-0.25, -0.2) is 0 Å². The average Bonchev–Trinajstić information content (AvgIpc) is 3.18. The van der Waals surface area contributed by atoms with E-state index in [1.54, 1.807) is 4.90 Å². The van der Waals surface area contributed by atoms with Crippen molar-refractivity contribution in [3.63, 3.8) is 0 Å². The molecule has 3 rings (SSSR count). The van der Waals surface area contributed by atoms with Crippen LogP contribution in [0.25, 0.3) is 0 Å². The Bertz CT molecular complexity index is 662. The minimum Gasteiger partial charge on any atom is -0.358 e. The Balaban J connectivity index is 1.87. The molecule has 0 radical (unpaired) electrons. The molecule has 1 aromatic carbocycles. The Morgan fingerprint density at radius 1 is 1.30 bits per heavy atom. The SMILES string of the molecule is N#Cc1cc(C(F)(F)F)ccc1N1CCC[C@@H]1C(=O)NC1CC1. The Morgan fingerprint density at radius 3 is 2.65 bits per heavy atom. The number of hydrogen-bond acceptors (Lipinski definition) is 3. The molecule has 1 saturated carbocycles. The summed E-state index contributed by atoms with van der Waals surface area (Å²) in [5, 5.41) is 12.1. The molecule has 1 aliphatic heterocycles. The third-order valence-electron chi connectivity index (χ3n) is 4.23. The highest BCUT2D eigenvalue weighted by Gasteiger charge is 2.36. The second kappa shape index (κ2) is 5.76. The van der Waals surface area contributed by atoms with Crippen molar-refractivity contribution in [2.24, 2.45) is 0 Å². The zero-order valence-corrected chi connectivity index (χ0v) is 12.4. The predicted molar refractivity (Wildman–Crippen MR) is 77.7 cm³/mol. The molecule has 1 N–H and O–H groups in total. The number of carbonyl (C=O) groups excluding carboxylic acids is 1. The molecule has 0 bridgehead atoms. The summed E-state index contributed by atoms with van der Waals surface area (Å²) >= 11 is 0. The van der Waals surface area contributed by atoms with Crippen LogP contribution in [0.3, 0.4) is 0 Å². The smallest absolute Gasteiger partial charge is 0.358 e. The Hall–Kier alpha value is -2.23. The van der Waals surface area contributed by atoms with Gasteiger partial charge >= 0.3 is 6.18 Å². The molecule has 1 amide bonds. The van der Waals surface area contributed by atoms with Gasteiger partial charge in [-0.2, -0.15) is 18.4 Å². The highest BCUT2D eigenvalue weighted by Crippen LogP contribution is 2.35. The summed E-state index contributed by atoms with van der Waals surface area (Å²) < 4.78 is 38.3. The molecule has 1 saturated heterocycles. The second-order valence-corrected chi connectivity index (χ2v) is 5.98. The molecule has 122 valence electrons. The monoisotopic (exact) mass is 323 g/mol. The molecule has 1 aromatic rings. The van der Waals surface area contributed by atoms with Crippen LogP contribution in [0.5, 0.6) is 0 Å². The molecule has 0 unspecified atom stereocenters. The highest BCUT2D eigenvalue weighted by molar-refractivity contribution is 5.87. The highest BCUT2D eigenvalue weighted by atomic mass is 19.4. The van der Waals surface area contributed by atoms with E-state index in [9.17, 15) is 23.2 Å². The number of hydrogen-bond donors (Lipinski definition) is 1. The summed E-state index contributed by atoms with van der Waals surface area (Å²) in [6.07, 6.45) is -1.12. The number of alkyl halides is 3. The number of halogens is 3. The largest absolute Gasteiger partial charge is 0.416 e. The number of anilines is 1. The van der Waals surface area contributed by atoms with E-state index in [2.05, 4.69) is 5.32 Å². The van der Waals surface area contributed by atoms with Crippen LogP contribution in [0.15, 0.2) is 18.2 Å². The standard InChI is InChI=1S/C16H16F3N3O/c17-16(18,19)11-3-6-13(10(8-11)9-20)22-7-1-2-14(22)15(23)21-12-4-5-12/h3,6,8,12,14H,1-2,4-5,7H2,(H,21,23)/t14-/m1/s1. The number of nitrogens with zero attached hydrogens (tertiary/aromatic N) is 2. The maximum atomic E-state index is 12.8. The molecular weight excluding hydrogens is 307 g/mol. The van der Waals surface area contributed by atoms with E-state index in [4.69, 9.17) is 0 Å². The van der Waals surface area contributed by atoms with E-state index in [0.29, 0.717) is 18.7 Å². The van der Waals surface area contributed by atoms with Crippen LogP contribution in [0, 0.1) is 11.3 Å². The Labute approximate surface area is 131 Å². The van der Waals surface area contributed by atoms with Crippen LogP contribution in [0.1, 0.15) is 36.8 Å². The molecule has 2 fully saturated rings. The fraction of sp³-hybridized carbons (Fsp3) is 0.500. The van der Waals surface area contributed by atoms with Gasteiger partial charge < -0.3 is 10.2 Å². The van der Waals surface area contributed by atoms with Gasteiger partial charge in [0.2, 0.25) is 5.91 Å². The zero-order chi connectivity index (χ0) is 16.6. The number of nitriles is 1. The van der Waals surface area contributed by atoms with Crippen molar-refractivity contribution in [2.45, 2.75) is 43.9 Å². The molecule has 1 aliphatic carbocycles. The van der Waals surface area contributed by atoms with E-state index in [0.717, 1.165) is 31.4 Å². The maximum Gasteiger partial charge on any atom is 0.416 e. The van der Waals surface area contributed by atoms with Crippen molar-refractivity contribution >= 4 is 11.6 Å². The van der Waals surface area contributed by atoms with Crippen LogP contribution in [0.4, 0.5) is 18.9 Å². The van der Waals surface area contributed by atoms with Gasteiger partial charge in [-0.15, -0.1) is 0 Å². The van der Waals surface area contributed by atoms with Crippen molar-refractivity contribution in [2.75, 3.05) is 11.4 Å². The van der Waals surface area contributed by atoms with Gasteiger partial charge in [0.15, 0.2) is 0 Å². The van der Waals surface area contributed by atoms with Gasteiger partial charge in [0.05, 0.1) is 16.8 Å². The number of carbonyl (C=O) groups is 1. The second-order valence-electron chi connectivity index (χ2n) is 5.98. The number of rotatable bonds is 3. The normalized spacial score (nSPS) is 21.1. The lowest BCUT2D eigenvalue weighted by molar-refractivity contribution is -0.137. The first kappa shape index (κ1) is 15.7. The summed E-state index contributed by atoms with van der Waals surface area (Å²) in [6, 6.07) is 4.75. The van der Waals surface area contributed by atoms with Gasteiger partial charge in [-0.1, -0.05) is 0 Å². The summed E-state index contributed by atoms with van der Waals surface area (Å²) in [4.78, 5) is 14.0. The Morgan fingerprint density at radius 2 is 2.04 bits per heavy atom. The van der Waals surface area contributed by atoms with Crippen molar-refractivity contribution in [3.05, 3.63) is 29.3 Å². The maximum absolute atomic E-state index is 12.8. The van der Waals surface area contributed by atoms with Crippen LogP contribution in [-0.2, 0) is 11.0 Å². The van der Waals surface area contributed by atoms with Crippen LogP contribution < -0.4 is 10.2 Å². The number of amides is 1. The van der Waals surface area contributed by atoms with Crippen LogP contribution >= 0.6 is 0 Å². The van der Waals surface area contributed by atoms with Gasteiger partial charge in [-0.05, 0) is 43.9 Å². The molecule has 0 spiro atoms. The minimum absolute atomic E-state index is 0.0500. The lowest BCUT2D eigenvalue weighted by Crippen LogP contribution is -2.44. The first-order valence-corrected chi connectivity index (χ1v) is 7.58. The first-order valence-electron chi connectivity index (χ1n) is 7.58. The molecule has 4 nitrogen and oxygen atoms in total. The lowest BCUT2D eigenvalue weighted by Gasteiger charge is -2.27. The molecule has 1 atom stereocenters. The summed E-state index contributed by atoms with van der Waals surface area (Å²) in [7, 11) is 0. The van der Waals surface area contributed by atoms with Crippen molar-refractivity contribution in [1.29, 1.82) is 5.26 Å². The van der Waals surface area contributed by atoms with E-state index in [-0.39, 0.29) is 17.5 Å². The third kappa shape index (κ3) is 3.26. The summed E-state index contributed by atoms with van der Waals surface area (Å²) in [6.45, 7) is 0.558. The number of nitrogens with one attached hydrogen (secondary N) is 1. The van der Waals surface area contributed by atoms with Gasteiger partial charge in [0, 0.05) is 12.6 Å². The molecular formula is C16H16F3N3O. The van der Waals surface area contributed by atoms with E-state index in [1.165, 1.54) is 6.07 Å².